The second kappa shape index (κ2) is 8.34. The van der Waals surface area contributed by atoms with Crippen LogP contribution in [0.5, 0.6) is 17.2 Å². The summed E-state index contributed by atoms with van der Waals surface area (Å²) in [6.45, 7) is 2.17. The van der Waals surface area contributed by atoms with E-state index in [1.807, 2.05) is 51.9 Å². The molecule has 2 saturated heterocycles. The Labute approximate surface area is 185 Å². The molecule has 2 aromatic rings. The Hall–Kier alpha value is -2.87. The van der Waals surface area contributed by atoms with Crippen molar-refractivity contribution in [1.82, 2.24) is 9.80 Å². The quantitative estimate of drug-likeness (QED) is 0.728. The molecule has 1 spiro atoms. The molecule has 0 atom stereocenters. The normalized spacial score (nSPS) is 19.0. The molecule has 0 aliphatic carbocycles. The summed E-state index contributed by atoms with van der Waals surface area (Å²) in [5.41, 5.74) is 0.600. The minimum atomic E-state index is -0.247. The number of carbonyl (C=O) groups is 2. The molecular weight excluding hydrogens is 416 g/mol. The Morgan fingerprint density at radius 1 is 1.00 bits per heavy atom. The van der Waals surface area contributed by atoms with Gasteiger partial charge < -0.3 is 24.0 Å². The van der Waals surface area contributed by atoms with Crippen molar-refractivity contribution < 1.29 is 23.8 Å². The molecule has 0 unspecified atom stereocenters. The summed E-state index contributed by atoms with van der Waals surface area (Å²) in [7, 11) is 0. The van der Waals surface area contributed by atoms with Gasteiger partial charge >= 0.3 is 0 Å². The van der Waals surface area contributed by atoms with Crippen LogP contribution < -0.4 is 14.2 Å². The second-order valence-electron chi connectivity index (χ2n) is 7.80. The molecule has 31 heavy (non-hydrogen) atoms. The highest BCUT2D eigenvalue weighted by Gasteiger charge is 2.47. The van der Waals surface area contributed by atoms with Gasteiger partial charge in [0, 0.05) is 31.0 Å². The summed E-state index contributed by atoms with van der Waals surface area (Å²) in [6.07, 6.45) is 1.51. The van der Waals surface area contributed by atoms with Crippen LogP contribution in [0.2, 0.25) is 0 Å². The highest BCUT2D eigenvalue weighted by atomic mass is 32.2. The first kappa shape index (κ1) is 20.1. The number of para-hydroxylation sites is 1. The highest BCUT2D eigenvalue weighted by molar-refractivity contribution is 8.00. The van der Waals surface area contributed by atoms with Gasteiger partial charge in [-0.3, -0.25) is 9.59 Å². The number of nitrogens with zero attached hydrogens (tertiary/aromatic N) is 2. The molecule has 2 amide bonds. The molecule has 7 nitrogen and oxygen atoms in total. The van der Waals surface area contributed by atoms with Crippen LogP contribution in [0.15, 0.2) is 48.5 Å². The van der Waals surface area contributed by atoms with E-state index in [9.17, 15) is 9.59 Å². The van der Waals surface area contributed by atoms with Crippen LogP contribution in [-0.4, -0.2) is 65.3 Å². The fourth-order valence-electron chi connectivity index (χ4n) is 4.39. The maximum absolute atomic E-state index is 13.0. The van der Waals surface area contributed by atoms with E-state index in [4.69, 9.17) is 14.2 Å². The summed E-state index contributed by atoms with van der Waals surface area (Å²) < 4.78 is 16.4. The van der Waals surface area contributed by atoms with Crippen molar-refractivity contribution in [1.29, 1.82) is 0 Å². The number of benzene rings is 2. The fourth-order valence-corrected chi connectivity index (χ4v) is 5.86. The van der Waals surface area contributed by atoms with Gasteiger partial charge in [0.25, 0.3) is 11.8 Å². The number of thioether (sulfide) groups is 1. The molecule has 3 aliphatic heterocycles. The van der Waals surface area contributed by atoms with Gasteiger partial charge in [0.1, 0.15) is 5.75 Å². The number of carbonyl (C=O) groups excluding carboxylic acids is 2. The second-order valence-corrected chi connectivity index (χ2v) is 9.26. The van der Waals surface area contributed by atoms with Crippen LogP contribution in [0.1, 0.15) is 23.2 Å². The lowest BCUT2D eigenvalue weighted by Gasteiger charge is -2.44. The van der Waals surface area contributed by atoms with Crippen LogP contribution in [0.3, 0.4) is 0 Å². The van der Waals surface area contributed by atoms with Crippen molar-refractivity contribution >= 4 is 23.6 Å². The van der Waals surface area contributed by atoms with E-state index < -0.39 is 0 Å². The van der Waals surface area contributed by atoms with Crippen molar-refractivity contribution in [2.24, 2.45) is 0 Å². The highest BCUT2D eigenvalue weighted by Crippen LogP contribution is 2.44. The first-order chi connectivity index (χ1) is 15.1. The zero-order valence-electron chi connectivity index (χ0n) is 17.1. The van der Waals surface area contributed by atoms with Crippen LogP contribution in [0.4, 0.5) is 0 Å². The molecular formula is C23H24N2O5S. The largest absolute Gasteiger partial charge is 0.484 e. The number of hydrogen-bond acceptors (Lipinski definition) is 6. The molecule has 162 valence electrons. The molecule has 3 aliphatic rings. The maximum Gasteiger partial charge on any atom is 0.261 e. The first-order valence-electron chi connectivity index (χ1n) is 10.5. The summed E-state index contributed by atoms with van der Waals surface area (Å²) in [6, 6.07) is 14.7. The number of ether oxygens (including phenoxy) is 3. The number of rotatable bonds is 4. The molecule has 3 heterocycles. The van der Waals surface area contributed by atoms with Gasteiger partial charge in [-0.2, -0.15) is 0 Å². The summed E-state index contributed by atoms with van der Waals surface area (Å²) in [4.78, 5) is 29.5. The van der Waals surface area contributed by atoms with Crippen LogP contribution in [0, 0.1) is 0 Å². The van der Waals surface area contributed by atoms with Crippen molar-refractivity contribution in [3.8, 4) is 17.2 Å². The van der Waals surface area contributed by atoms with Gasteiger partial charge in [-0.1, -0.05) is 18.2 Å². The molecule has 2 fully saturated rings. The molecule has 0 aromatic heterocycles. The van der Waals surface area contributed by atoms with Crippen molar-refractivity contribution in [3.05, 3.63) is 54.1 Å². The molecule has 0 bridgehead atoms. The van der Waals surface area contributed by atoms with E-state index in [1.165, 1.54) is 0 Å². The average Bonchev–Trinajstić information content (AvgIpc) is 3.45. The number of fused-ring (bicyclic) bond motifs is 1. The molecule has 0 saturated carbocycles. The molecule has 5 rings (SSSR count). The van der Waals surface area contributed by atoms with Crippen LogP contribution in [-0.2, 0) is 4.79 Å². The van der Waals surface area contributed by atoms with E-state index >= 15 is 0 Å². The maximum atomic E-state index is 13.0. The Morgan fingerprint density at radius 2 is 1.77 bits per heavy atom. The number of hydrogen-bond donors (Lipinski definition) is 0. The lowest BCUT2D eigenvalue weighted by molar-refractivity contribution is -0.136. The smallest absolute Gasteiger partial charge is 0.261 e. The average molecular weight is 441 g/mol. The monoisotopic (exact) mass is 440 g/mol. The van der Waals surface area contributed by atoms with E-state index in [0.29, 0.717) is 35.9 Å². The predicted octanol–water partition coefficient (Wildman–Crippen LogP) is 3.00. The molecule has 0 radical (unpaired) electrons. The van der Waals surface area contributed by atoms with Crippen molar-refractivity contribution in [3.63, 3.8) is 0 Å². The van der Waals surface area contributed by atoms with Crippen molar-refractivity contribution in [2.45, 2.75) is 17.7 Å². The third-order valence-corrected chi connectivity index (χ3v) is 7.59. The summed E-state index contributed by atoms with van der Waals surface area (Å²) in [5, 5.41) is 0. The third kappa shape index (κ3) is 3.92. The first-order valence-corrected chi connectivity index (χ1v) is 11.4. The van der Waals surface area contributed by atoms with E-state index in [1.54, 1.807) is 18.2 Å². The Morgan fingerprint density at radius 3 is 2.58 bits per heavy atom. The molecule has 2 aromatic carbocycles. The number of piperidine rings is 1. The van der Waals surface area contributed by atoms with Crippen LogP contribution in [0.25, 0.3) is 0 Å². The molecule has 0 N–H and O–H groups in total. The van der Waals surface area contributed by atoms with Gasteiger partial charge in [0.05, 0.1) is 4.87 Å². The lowest BCUT2D eigenvalue weighted by atomic mass is 10.0. The third-order valence-electron chi connectivity index (χ3n) is 6.04. The Kier molecular flexibility index (Phi) is 5.40. The fraction of sp³-hybridized carbons (Fsp3) is 0.391. The van der Waals surface area contributed by atoms with Gasteiger partial charge in [0.2, 0.25) is 6.79 Å². The number of amides is 2. The lowest BCUT2D eigenvalue weighted by Crippen LogP contribution is -2.54. The van der Waals surface area contributed by atoms with Crippen molar-refractivity contribution in [2.75, 3.05) is 38.8 Å². The SMILES string of the molecule is O=C(c1ccc2c(c1)OCO2)N1CCC2(CC1)SCCN2C(=O)COc1ccccc1. The Balaban J connectivity index is 1.21. The van der Waals surface area contributed by atoms with Gasteiger partial charge in [-0.15, -0.1) is 11.8 Å². The minimum Gasteiger partial charge on any atom is -0.484 e. The zero-order chi connectivity index (χ0) is 21.3. The van der Waals surface area contributed by atoms with Gasteiger partial charge in [-0.05, 0) is 43.2 Å². The van der Waals surface area contributed by atoms with E-state index in [-0.39, 0.29) is 30.1 Å². The Bertz CT molecular complexity index is 975. The molecule has 8 heteroatoms. The topological polar surface area (TPSA) is 68.3 Å². The van der Waals surface area contributed by atoms with E-state index in [0.717, 1.165) is 25.1 Å². The van der Waals surface area contributed by atoms with Gasteiger partial charge in [-0.25, -0.2) is 0 Å². The van der Waals surface area contributed by atoms with Crippen LogP contribution >= 0.6 is 11.8 Å². The summed E-state index contributed by atoms with van der Waals surface area (Å²) >= 11 is 1.82. The van der Waals surface area contributed by atoms with E-state index in [2.05, 4.69) is 0 Å². The standard InChI is InChI=1S/C23H24N2O5S/c26-21(15-28-18-4-2-1-3-5-18)25-12-13-31-23(25)8-10-24(11-9-23)22(27)17-6-7-19-20(14-17)30-16-29-19/h1-7,14H,8-13,15-16H2. The summed E-state index contributed by atoms with van der Waals surface area (Å²) in [5.74, 6) is 2.88. The zero-order valence-corrected chi connectivity index (χ0v) is 17.9. The predicted molar refractivity (Wildman–Crippen MR) is 117 cm³/mol. The minimum absolute atomic E-state index is 0.00407. The van der Waals surface area contributed by atoms with Gasteiger partial charge in [0.15, 0.2) is 18.1 Å². The number of likely N-dealkylation sites (tertiary alicyclic amines) is 1.